The fourth-order valence-electron chi connectivity index (χ4n) is 1.81. The van der Waals surface area contributed by atoms with Crippen molar-refractivity contribution in [3.05, 3.63) is 57.8 Å². The van der Waals surface area contributed by atoms with Crippen molar-refractivity contribution in [1.82, 2.24) is 0 Å². The third kappa shape index (κ3) is 3.86. The van der Waals surface area contributed by atoms with E-state index >= 15 is 0 Å². The Kier molecular flexibility index (Phi) is 5.04. The molecule has 2 aromatic rings. The lowest BCUT2D eigenvalue weighted by atomic mass is 10.1. The number of methoxy groups -OCH3 is 1. The molecule has 0 aliphatic carbocycles. The second kappa shape index (κ2) is 6.78. The van der Waals surface area contributed by atoms with E-state index in [1.165, 1.54) is 25.3 Å². The third-order valence-corrected chi connectivity index (χ3v) is 3.48. The van der Waals surface area contributed by atoms with Crippen LogP contribution in [0.2, 0.25) is 10.0 Å². The maximum absolute atomic E-state index is 13.6. The van der Waals surface area contributed by atoms with E-state index in [9.17, 15) is 9.18 Å². The molecule has 6 heteroatoms. The summed E-state index contributed by atoms with van der Waals surface area (Å²) in [6.07, 6.45) is -0.158. The number of carbonyl (C=O) groups excluding carboxylic acids is 1. The molecule has 0 heterocycles. The van der Waals surface area contributed by atoms with Crippen LogP contribution in [0.4, 0.5) is 10.1 Å². The maximum Gasteiger partial charge on any atom is 0.228 e. The molecule has 2 rings (SSSR count). The Hall–Kier alpha value is -1.78. The van der Waals surface area contributed by atoms with Gasteiger partial charge in [0.15, 0.2) is 0 Å². The molecule has 0 fully saturated rings. The zero-order valence-electron chi connectivity index (χ0n) is 11.1. The van der Waals surface area contributed by atoms with Gasteiger partial charge in [-0.3, -0.25) is 4.79 Å². The van der Waals surface area contributed by atoms with Gasteiger partial charge >= 0.3 is 0 Å². The van der Waals surface area contributed by atoms with Crippen molar-refractivity contribution in [2.75, 3.05) is 12.4 Å². The molecule has 1 N–H and O–H groups in total. The van der Waals surface area contributed by atoms with Crippen molar-refractivity contribution in [3.8, 4) is 5.75 Å². The van der Waals surface area contributed by atoms with Gasteiger partial charge in [-0.05, 0) is 30.3 Å². The normalized spacial score (nSPS) is 10.3. The van der Waals surface area contributed by atoms with Crippen LogP contribution in [0.25, 0.3) is 0 Å². The van der Waals surface area contributed by atoms with Gasteiger partial charge in [0, 0.05) is 16.3 Å². The molecule has 0 radical (unpaired) electrons. The molecule has 0 spiro atoms. The van der Waals surface area contributed by atoms with Gasteiger partial charge in [0.25, 0.3) is 0 Å². The van der Waals surface area contributed by atoms with Crippen LogP contribution in [0, 0.1) is 5.82 Å². The third-order valence-electron chi connectivity index (χ3n) is 2.83. The number of hydrogen-bond acceptors (Lipinski definition) is 2. The predicted molar refractivity (Wildman–Crippen MR) is 81.7 cm³/mol. The van der Waals surface area contributed by atoms with E-state index in [0.717, 1.165) is 0 Å². The van der Waals surface area contributed by atoms with Crippen LogP contribution in [0.3, 0.4) is 0 Å². The van der Waals surface area contributed by atoms with Crippen molar-refractivity contribution in [2.24, 2.45) is 0 Å². The Morgan fingerprint density at radius 3 is 2.62 bits per heavy atom. The molecular formula is C15H12Cl2FNO2. The summed E-state index contributed by atoms with van der Waals surface area (Å²) in [7, 11) is 1.50. The van der Waals surface area contributed by atoms with Crippen molar-refractivity contribution >= 4 is 34.8 Å². The SMILES string of the molecule is COc1ccc(NC(=O)Cc2c(F)cccc2Cl)cc1Cl. The average Bonchev–Trinajstić information content (AvgIpc) is 2.43. The molecule has 0 aliphatic heterocycles. The van der Waals surface area contributed by atoms with Crippen molar-refractivity contribution in [1.29, 1.82) is 0 Å². The highest BCUT2D eigenvalue weighted by Gasteiger charge is 2.12. The summed E-state index contributed by atoms with van der Waals surface area (Å²) in [6, 6.07) is 9.12. The standard InChI is InChI=1S/C15H12Cl2FNO2/c1-21-14-6-5-9(7-12(14)17)19-15(20)8-10-11(16)3-2-4-13(10)18/h2-7H,8H2,1H3,(H,19,20). The molecule has 1 amide bonds. The molecule has 0 aliphatic rings. The first-order chi connectivity index (χ1) is 10.0. The van der Waals surface area contributed by atoms with Gasteiger partial charge < -0.3 is 10.1 Å². The first-order valence-corrected chi connectivity index (χ1v) is 6.83. The van der Waals surface area contributed by atoms with E-state index in [0.29, 0.717) is 16.5 Å². The molecule has 0 aromatic heterocycles. The summed E-state index contributed by atoms with van der Waals surface area (Å²) >= 11 is 11.8. The minimum absolute atomic E-state index is 0.158. The summed E-state index contributed by atoms with van der Waals surface area (Å²) in [5.41, 5.74) is 0.662. The molecule has 3 nitrogen and oxygen atoms in total. The summed E-state index contributed by atoms with van der Waals surface area (Å²) in [5.74, 6) is -0.388. The highest BCUT2D eigenvalue weighted by Crippen LogP contribution is 2.27. The number of ether oxygens (including phenoxy) is 1. The van der Waals surface area contributed by atoms with E-state index in [-0.39, 0.29) is 22.9 Å². The van der Waals surface area contributed by atoms with Crippen LogP contribution >= 0.6 is 23.2 Å². The molecule has 2 aromatic carbocycles. The van der Waals surface area contributed by atoms with Gasteiger partial charge in [-0.15, -0.1) is 0 Å². The molecule has 21 heavy (non-hydrogen) atoms. The molecule has 0 saturated heterocycles. The summed E-state index contributed by atoms with van der Waals surface area (Å²) in [4.78, 5) is 11.9. The summed E-state index contributed by atoms with van der Waals surface area (Å²) < 4.78 is 18.6. The minimum atomic E-state index is -0.509. The summed E-state index contributed by atoms with van der Waals surface area (Å²) in [6.45, 7) is 0. The van der Waals surface area contributed by atoms with Gasteiger partial charge in [-0.1, -0.05) is 29.3 Å². The molecule has 110 valence electrons. The quantitative estimate of drug-likeness (QED) is 0.908. The fourth-order valence-corrected chi connectivity index (χ4v) is 2.30. The van der Waals surface area contributed by atoms with Gasteiger partial charge in [0.2, 0.25) is 5.91 Å². The monoisotopic (exact) mass is 327 g/mol. The minimum Gasteiger partial charge on any atom is -0.495 e. The van der Waals surface area contributed by atoms with Gasteiger partial charge in [-0.25, -0.2) is 4.39 Å². The lowest BCUT2D eigenvalue weighted by molar-refractivity contribution is -0.115. The smallest absolute Gasteiger partial charge is 0.228 e. The second-order valence-electron chi connectivity index (χ2n) is 4.27. The molecule has 0 bridgehead atoms. The highest BCUT2D eigenvalue weighted by molar-refractivity contribution is 6.32. The van der Waals surface area contributed by atoms with Crippen molar-refractivity contribution in [2.45, 2.75) is 6.42 Å². The largest absolute Gasteiger partial charge is 0.495 e. The number of benzene rings is 2. The number of amides is 1. The van der Waals surface area contributed by atoms with Crippen molar-refractivity contribution in [3.63, 3.8) is 0 Å². The Balaban J connectivity index is 2.10. The van der Waals surface area contributed by atoms with Gasteiger partial charge in [0.1, 0.15) is 11.6 Å². The topological polar surface area (TPSA) is 38.3 Å². The predicted octanol–water partition coefficient (Wildman–Crippen LogP) is 4.32. The van der Waals surface area contributed by atoms with E-state index in [1.54, 1.807) is 18.2 Å². The zero-order valence-corrected chi connectivity index (χ0v) is 12.6. The fraction of sp³-hybridized carbons (Fsp3) is 0.133. The zero-order chi connectivity index (χ0) is 15.4. The molecule has 0 unspecified atom stereocenters. The van der Waals surface area contributed by atoms with Crippen molar-refractivity contribution < 1.29 is 13.9 Å². The molecule has 0 atom stereocenters. The van der Waals surface area contributed by atoms with E-state index < -0.39 is 5.82 Å². The van der Waals surface area contributed by atoms with E-state index in [4.69, 9.17) is 27.9 Å². The number of hydrogen-bond donors (Lipinski definition) is 1. The number of nitrogens with one attached hydrogen (secondary N) is 1. The lowest BCUT2D eigenvalue weighted by Crippen LogP contribution is -2.15. The van der Waals surface area contributed by atoms with Crippen LogP contribution in [-0.4, -0.2) is 13.0 Å². The lowest BCUT2D eigenvalue weighted by Gasteiger charge is -2.09. The van der Waals surface area contributed by atoms with Crippen LogP contribution in [0.15, 0.2) is 36.4 Å². The van der Waals surface area contributed by atoms with E-state index in [2.05, 4.69) is 5.32 Å². The number of carbonyl (C=O) groups is 1. The van der Waals surface area contributed by atoms with Crippen LogP contribution < -0.4 is 10.1 Å². The second-order valence-corrected chi connectivity index (χ2v) is 5.09. The highest BCUT2D eigenvalue weighted by atomic mass is 35.5. The Labute approximate surface area is 131 Å². The Morgan fingerprint density at radius 1 is 1.24 bits per heavy atom. The first kappa shape index (κ1) is 15.6. The molecular weight excluding hydrogens is 316 g/mol. The first-order valence-electron chi connectivity index (χ1n) is 6.07. The summed E-state index contributed by atoms with van der Waals surface area (Å²) in [5, 5.41) is 3.23. The van der Waals surface area contributed by atoms with E-state index in [1.807, 2.05) is 0 Å². The van der Waals surface area contributed by atoms with Crippen LogP contribution in [0.5, 0.6) is 5.75 Å². The van der Waals surface area contributed by atoms with Crippen LogP contribution in [-0.2, 0) is 11.2 Å². The molecule has 0 saturated carbocycles. The average molecular weight is 328 g/mol. The number of rotatable bonds is 4. The van der Waals surface area contributed by atoms with Gasteiger partial charge in [-0.2, -0.15) is 0 Å². The number of halogens is 3. The van der Waals surface area contributed by atoms with Gasteiger partial charge in [0.05, 0.1) is 18.6 Å². The Bertz CT molecular complexity index is 656. The Morgan fingerprint density at radius 2 is 2.00 bits per heavy atom. The number of anilines is 1. The maximum atomic E-state index is 13.6. The van der Waals surface area contributed by atoms with Crippen LogP contribution in [0.1, 0.15) is 5.56 Å².